The van der Waals surface area contributed by atoms with Crippen molar-refractivity contribution >= 4 is 16.0 Å². The van der Waals surface area contributed by atoms with Crippen LogP contribution >= 0.6 is 0 Å². The number of phenolic OH excluding ortho intramolecular Hbond substituents is 1. The number of esters is 1. The summed E-state index contributed by atoms with van der Waals surface area (Å²) in [5, 5.41) is 9.55. The average Bonchev–Trinajstić information content (AvgIpc) is 2.98. The van der Waals surface area contributed by atoms with Gasteiger partial charge in [0.05, 0.1) is 24.5 Å². The molecule has 8 heteroatoms. The van der Waals surface area contributed by atoms with Crippen molar-refractivity contribution in [1.82, 2.24) is 4.72 Å². The van der Waals surface area contributed by atoms with E-state index in [0.717, 1.165) is 19.2 Å². The molecule has 2 aromatic rings. The van der Waals surface area contributed by atoms with Crippen molar-refractivity contribution in [3.8, 4) is 5.75 Å². The maximum atomic E-state index is 12.1. The van der Waals surface area contributed by atoms with Gasteiger partial charge in [0.1, 0.15) is 11.3 Å². The third-order valence-corrected chi connectivity index (χ3v) is 4.13. The summed E-state index contributed by atoms with van der Waals surface area (Å²) in [6.07, 6.45) is 2.85. The third-order valence-electron chi connectivity index (χ3n) is 2.73. The molecule has 0 spiro atoms. The van der Waals surface area contributed by atoms with Crippen LogP contribution in [0, 0.1) is 0 Å². The Morgan fingerprint density at radius 1 is 1.38 bits per heavy atom. The second-order valence-electron chi connectivity index (χ2n) is 4.13. The molecule has 21 heavy (non-hydrogen) atoms. The first kappa shape index (κ1) is 15.1. The lowest BCUT2D eigenvalue weighted by atomic mass is 10.2. The Morgan fingerprint density at radius 3 is 2.76 bits per heavy atom. The van der Waals surface area contributed by atoms with Crippen LogP contribution in [-0.4, -0.2) is 26.6 Å². The van der Waals surface area contributed by atoms with Crippen LogP contribution in [0.1, 0.15) is 15.9 Å². The van der Waals surface area contributed by atoms with Crippen molar-refractivity contribution < 1.29 is 27.5 Å². The molecule has 0 amide bonds. The van der Waals surface area contributed by atoms with Crippen molar-refractivity contribution in [2.75, 3.05) is 7.11 Å². The molecule has 2 rings (SSSR count). The number of hydrogen-bond donors (Lipinski definition) is 2. The van der Waals surface area contributed by atoms with Gasteiger partial charge in [-0.1, -0.05) is 0 Å². The van der Waals surface area contributed by atoms with Gasteiger partial charge in [-0.25, -0.2) is 17.9 Å². The van der Waals surface area contributed by atoms with Crippen LogP contribution in [0.3, 0.4) is 0 Å². The number of aromatic hydroxyl groups is 1. The van der Waals surface area contributed by atoms with E-state index in [1.165, 1.54) is 18.6 Å². The monoisotopic (exact) mass is 311 g/mol. The van der Waals surface area contributed by atoms with Gasteiger partial charge in [0, 0.05) is 12.1 Å². The van der Waals surface area contributed by atoms with Gasteiger partial charge in [0.15, 0.2) is 0 Å². The van der Waals surface area contributed by atoms with Crippen LogP contribution in [-0.2, 0) is 21.3 Å². The van der Waals surface area contributed by atoms with Crippen molar-refractivity contribution in [1.29, 1.82) is 0 Å². The van der Waals surface area contributed by atoms with Gasteiger partial charge < -0.3 is 14.3 Å². The predicted octanol–water partition coefficient (Wildman–Crippen LogP) is 1.25. The van der Waals surface area contributed by atoms with E-state index in [2.05, 4.69) is 9.46 Å². The number of nitrogens with one attached hydrogen (secondary N) is 1. The van der Waals surface area contributed by atoms with E-state index >= 15 is 0 Å². The summed E-state index contributed by atoms with van der Waals surface area (Å²) < 4.78 is 35.9. The standard InChI is InChI=1S/C13H13NO6S/c1-19-13(16)11-6-10(2-3-12(11)15)21(17,18)14-7-9-4-5-20-8-9/h2-6,8,14-15H,7H2,1H3. The van der Waals surface area contributed by atoms with Crippen molar-refractivity contribution in [3.05, 3.63) is 47.9 Å². The molecule has 0 saturated heterocycles. The van der Waals surface area contributed by atoms with E-state index in [0.29, 0.717) is 5.56 Å². The smallest absolute Gasteiger partial charge is 0.341 e. The lowest BCUT2D eigenvalue weighted by molar-refractivity contribution is 0.0597. The minimum atomic E-state index is -3.83. The van der Waals surface area contributed by atoms with Crippen molar-refractivity contribution in [2.24, 2.45) is 0 Å². The normalized spacial score (nSPS) is 11.3. The molecule has 0 aliphatic carbocycles. The third kappa shape index (κ3) is 3.41. The molecule has 1 aromatic heterocycles. The summed E-state index contributed by atoms with van der Waals surface area (Å²) in [4.78, 5) is 11.3. The van der Waals surface area contributed by atoms with Gasteiger partial charge in [-0.15, -0.1) is 0 Å². The summed E-state index contributed by atoms with van der Waals surface area (Å²) >= 11 is 0. The summed E-state index contributed by atoms with van der Waals surface area (Å²) in [5.41, 5.74) is 0.439. The fourth-order valence-corrected chi connectivity index (χ4v) is 2.65. The molecule has 0 fully saturated rings. The van der Waals surface area contributed by atoms with Crippen LogP contribution in [0.15, 0.2) is 46.1 Å². The fraction of sp³-hybridized carbons (Fsp3) is 0.154. The minimum absolute atomic E-state index is 0.0489. The highest BCUT2D eigenvalue weighted by Gasteiger charge is 2.19. The first-order valence-electron chi connectivity index (χ1n) is 5.86. The Kier molecular flexibility index (Phi) is 4.29. The molecule has 0 radical (unpaired) electrons. The number of phenols is 1. The van der Waals surface area contributed by atoms with Crippen molar-refractivity contribution in [2.45, 2.75) is 11.4 Å². The highest BCUT2D eigenvalue weighted by atomic mass is 32.2. The Bertz CT molecular complexity index is 736. The SMILES string of the molecule is COC(=O)c1cc(S(=O)(=O)NCc2ccoc2)ccc1O. The Labute approximate surface area is 121 Å². The lowest BCUT2D eigenvalue weighted by Gasteiger charge is -2.08. The molecule has 0 atom stereocenters. The number of hydrogen-bond acceptors (Lipinski definition) is 6. The molecular formula is C13H13NO6S. The topological polar surface area (TPSA) is 106 Å². The molecule has 0 aliphatic rings. The first-order valence-corrected chi connectivity index (χ1v) is 7.34. The number of furan rings is 1. The second kappa shape index (κ2) is 5.98. The fourth-order valence-electron chi connectivity index (χ4n) is 1.61. The van der Waals surface area contributed by atoms with Crippen LogP contribution in [0.4, 0.5) is 0 Å². The van der Waals surface area contributed by atoms with E-state index in [1.807, 2.05) is 0 Å². The zero-order chi connectivity index (χ0) is 15.5. The zero-order valence-electron chi connectivity index (χ0n) is 11.1. The molecule has 112 valence electrons. The molecule has 0 bridgehead atoms. The minimum Gasteiger partial charge on any atom is -0.507 e. The van der Waals surface area contributed by atoms with E-state index in [-0.39, 0.29) is 22.8 Å². The largest absolute Gasteiger partial charge is 0.507 e. The summed E-state index contributed by atoms with van der Waals surface area (Å²) in [6, 6.07) is 5.00. The number of sulfonamides is 1. The summed E-state index contributed by atoms with van der Waals surface area (Å²) in [7, 11) is -2.69. The number of benzene rings is 1. The molecular weight excluding hydrogens is 298 g/mol. The number of ether oxygens (including phenoxy) is 1. The first-order chi connectivity index (χ1) is 9.94. The van der Waals surface area contributed by atoms with Gasteiger partial charge in [-0.05, 0) is 24.3 Å². The van der Waals surface area contributed by atoms with E-state index < -0.39 is 16.0 Å². The molecule has 2 N–H and O–H groups in total. The molecule has 1 heterocycles. The molecule has 0 unspecified atom stereocenters. The van der Waals surface area contributed by atoms with E-state index in [9.17, 15) is 18.3 Å². The number of carbonyl (C=O) groups excluding carboxylic acids is 1. The van der Waals surface area contributed by atoms with Crippen LogP contribution in [0.25, 0.3) is 0 Å². The van der Waals surface area contributed by atoms with E-state index in [4.69, 9.17) is 4.42 Å². The van der Waals surface area contributed by atoms with E-state index in [1.54, 1.807) is 6.07 Å². The lowest BCUT2D eigenvalue weighted by Crippen LogP contribution is -2.23. The number of methoxy groups -OCH3 is 1. The van der Waals surface area contributed by atoms with Crippen LogP contribution in [0.5, 0.6) is 5.75 Å². The maximum Gasteiger partial charge on any atom is 0.341 e. The average molecular weight is 311 g/mol. The van der Waals surface area contributed by atoms with Gasteiger partial charge >= 0.3 is 5.97 Å². The summed E-state index contributed by atoms with van der Waals surface area (Å²) in [5.74, 6) is -1.17. The zero-order valence-corrected chi connectivity index (χ0v) is 11.9. The number of carbonyl (C=O) groups is 1. The Morgan fingerprint density at radius 2 is 2.14 bits per heavy atom. The van der Waals surface area contributed by atoms with Gasteiger partial charge in [0.25, 0.3) is 0 Å². The van der Waals surface area contributed by atoms with Crippen LogP contribution < -0.4 is 4.72 Å². The molecule has 7 nitrogen and oxygen atoms in total. The van der Waals surface area contributed by atoms with Gasteiger partial charge in [0.2, 0.25) is 10.0 Å². The number of rotatable bonds is 5. The predicted molar refractivity (Wildman–Crippen MR) is 72.2 cm³/mol. The molecule has 0 saturated carbocycles. The Balaban J connectivity index is 2.25. The quantitative estimate of drug-likeness (QED) is 0.805. The van der Waals surface area contributed by atoms with Gasteiger partial charge in [-0.3, -0.25) is 0 Å². The second-order valence-corrected chi connectivity index (χ2v) is 5.89. The highest BCUT2D eigenvalue weighted by molar-refractivity contribution is 7.89. The molecule has 0 aliphatic heterocycles. The highest BCUT2D eigenvalue weighted by Crippen LogP contribution is 2.22. The Hall–Kier alpha value is -2.32. The van der Waals surface area contributed by atoms with Crippen LogP contribution in [0.2, 0.25) is 0 Å². The maximum absolute atomic E-state index is 12.1. The van der Waals surface area contributed by atoms with Gasteiger partial charge in [-0.2, -0.15) is 0 Å². The summed E-state index contributed by atoms with van der Waals surface area (Å²) in [6.45, 7) is 0.0489. The molecule has 1 aromatic carbocycles. The van der Waals surface area contributed by atoms with Crippen molar-refractivity contribution in [3.63, 3.8) is 0 Å².